The topological polar surface area (TPSA) is 35.8 Å². The van der Waals surface area contributed by atoms with Crippen molar-refractivity contribution in [3.8, 4) is 0 Å². The van der Waals surface area contributed by atoms with Crippen LogP contribution in [0.5, 0.6) is 0 Å². The molecule has 1 aromatic carbocycles. The van der Waals surface area contributed by atoms with Crippen LogP contribution in [0.1, 0.15) is 5.56 Å². The van der Waals surface area contributed by atoms with Crippen molar-refractivity contribution in [2.45, 2.75) is 0 Å². The average molecular weight is 254 g/mol. The number of thiocarbonyl (C=S) groups is 1. The van der Waals surface area contributed by atoms with Crippen LogP contribution < -0.4 is 0 Å². The lowest BCUT2D eigenvalue weighted by molar-refractivity contribution is 0.319. The van der Waals surface area contributed by atoms with E-state index in [4.69, 9.17) is 17.4 Å². The van der Waals surface area contributed by atoms with Gasteiger partial charge in [0.25, 0.3) is 0 Å². The number of hydrogen-bond donors (Lipinski definition) is 1. The molecular formula is C11H14N2OS2. The molecule has 5 heteroatoms. The number of benzene rings is 1. The lowest BCUT2D eigenvalue weighted by Gasteiger charge is -2.12. The molecule has 86 valence electrons. The van der Waals surface area contributed by atoms with E-state index in [1.165, 1.54) is 11.8 Å². The summed E-state index contributed by atoms with van der Waals surface area (Å²) in [7, 11) is 3.79. The van der Waals surface area contributed by atoms with Crippen LogP contribution in [0.3, 0.4) is 0 Å². The summed E-state index contributed by atoms with van der Waals surface area (Å²) in [6.45, 7) is 0. The van der Waals surface area contributed by atoms with E-state index in [9.17, 15) is 0 Å². The average Bonchev–Trinajstić information content (AvgIpc) is 2.30. The van der Waals surface area contributed by atoms with Gasteiger partial charge in [-0.15, -0.1) is 0 Å². The first-order chi connectivity index (χ1) is 7.65. The summed E-state index contributed by atoms with van der Waals surface area (Å²) in [5, 5.41) is 12.3. The van der Waals surface area contributed by atoms with Crippen LogP contribution in [0.4, 0.5) is 0 Å². The zero-order valence-corrected chi connectivity index (χ0v) is 10.9. The number of nitrogens with zero attached hydrogens (tertiary/aromatic N) is 2. The lowest BCUT2D eigenvalue weighted by Crippen LogP contribution is -2.18. The molecular weight excluding hydrogens is 240 g/mol. The Morgan fingerprint density at radius 1 is 1.38 bits per heavy atom. The predicted molar refractivity (Wildman–Crippen MR) is 73.5 cm³/mol. The second-order valence-corrected chi connectivity index (χ2v) is 4.97. The lowest BCUT2D eigenvalue weighted by atomic mass is 10.1. The SMILES string of the molecule is CN(C)C(=S)SC/C(=N/O)c1ccccc1. The molecule has 0 saturated heterocycles. The van der Waals surface area contributed by atoms with Crippen LogP contribution in [-0.4, -0.2) is 40.0 Å². The molecule has 0 amide bonds. The fraction of sp³-hybridized carbons (Fsp3) is 0.273. The number of thioether (sulfide) groups is 1. The van der Waals surface area contributed by atoms with Crippen molar-refractivity contribution in [3.05, 3.63) is 35.9 Å². The van der Waals surface area contributed by atoms with Crippen molar-refractivity contribution in [2.24, 2.45) is 5.16 Å². The molecule has 1 rings (SSSR count). The largest absolute Gasteiger partial charge is 0.411 e. The quantitative estimate of drug-likeness (QED) is 0.389. The van der Waals surface area contributed by atoms with E-state index in [2.05, 4.69) is 5.16 Å². The third kappa shape index (κ3) is 3.83. The van der Waals surface area contributed by atoms with Crippen molar-refractivity contribution in [3.63, 3.8) is 0 Å². The van der Waals surface area contributed by atoms with Crippen LogP contribution in [0.25, 0.3) is 0 Å². The Hall–Kier alpha value is -1.07. The van der Waals surface area contributed by atoms with Gasteiger partial charge in [0.15, 0.2) is 0 Å². The standard InChI is InChI=1S/C11H14N2OS2/c1-13(2)11(15)16-8-10(12-14)9-6-4-3-5-7-9/h3-7,14H,8H2,1-2H3/b12-10-. The molecule has 0 aliphatic carbocycles. The summed E-state index contributed by atoms with van der Waals surface area (Å²) >= 11 is 6.63. The first-order valence-corrected chi connectivity index (χ1v) is 6.15. The zero-order chi connectivity index (χ0) is 12.0. The third-order valence-corrected chi connectivity index (χ3v) is 3.67. The zero-order valence-electron chi connectivity index (χ0n) is 9.25. The minimum absolute atomic E-state index is 0.567. The van der Waals surface area contributed by atoms with Gasteiger partial charge in [-0.05, 0) is 0 Å². The summed E-state index contributed by atoms with van der Waals surface area (Å²) < 4.78 is 0.775. The Labute approximate surface area is 105 Å². The highest BCUT2D eigenvalue weighted by Crippen LogP contribution is 2.11. The van der Waals surface area contributed by atoms with Crippen molar-refractivity contribution < 1.29 is 5.21 Å². The van der Waals surface area contributed by atoms with Gasteiger partial charge in [0, 0.05) is 25.4 Å². The smallest absolute Gasteiger partial charge is 0.136 e. The molecule has 0 bridgehead atoms. The summed E-state index contributed by atoms with van der Waals surface area (Å²) in [6, 6.07) is 9.57. The van der Waals surface area contributed by atoms with Crippen LogP contribution in [-0.2, 0) is 0 Å². The van der Waals surface area contributed by atoms with Crippen molar-refractivity contribution >= 4 is 34.0 Å². The molecule has 0 aliphatic heterocycles. The van der Waals surface area contributed by atoms with Crippen molar-refractivity contribution in [1.82, 2.24) is 4.90 Å². The number of oxime groups is 1. The molecule has 0 saturated carbocycles. The van der Waals surface area contributed by atoms with E-state index in [1.54, 1.807) is 0 Å². The molecule has 1 N–H and O–H groups in total. The van der Waals surface area contributed by atoms with Gasteiger partial charge in [0.1, 0.15) is 4.32 Å². The highest BCUT2D eigenvalue weighted by atomic mass is 32.2. The third-order valence-electron chi connectivity index (χ3n) is 1.93. The first-order valence-electron chi connectivity index (χ1n) is 4.75. The van der Waals surface area contributed by atoms with Crippen LogP contribution in [0.2, 0.25) is 0 Å². The Morgan fingerprint density at radius 3 is 2.50 bits per heavy atom. The molecule has 0 spiro atoms. The molecule has 3 nitrogen and oxygen atoms in total. The normalized spacial score (nSPS) is 11.2. The van der Waals surface area contributed by atoms with E-state index in [0.717, 1.165) is 9.88 Å². The van der Waals surface area contributed by atoms with Gasteiger partial charge >= 0.3 is 0 Å². The maximum atomic E-state index is 8.95. The Balaban J connectivity index is 2.62. The molecule has 1 aromatic rings. The molecule has 0 unspecified atom stereocenters. The van der Waals surface area contributed by atoms with Gasteiger partial charge in [-0.2, -0.15) is 0 Å². The molecule has 16 heavy (non-hydrogen) atoms. The Kier molecular flexibility index (Phi) is 5.28. The number of hydrogen-bond acceptors (Lipinski definition) is 4. The molecule has 0 atom stereocenters. The van der Waals surface area contributed by atoms with E-state index in [-0.39, 0.29) is 0 Å². The van der Waals surface area contributed by atoms with E-state index in [0.29, 0.717) is 11.5 Å². The first kappa shape index (κ1) is 13.0. The monoisotopic (exact) mass is 254 g/mol. The van der Waals surface area contributed by atoms with E-state index in [1.807, 2.05) is 49.3 Å². The molecule has 0 aliphatic rings. The second kappa shape index (κ2) is 6.50. The maximum Gasteiger partial charge on any atom is 0.136 e. The molecule has 0 radical (unpaired) electrons. The molecule has 0 heterocycles. The Morgan fingerprint density at radius 2 is 2.00 bits per heavy atom. The van der Waals surface area contributed by atoms with Gasteiger partial charge in [0.2, 0.25) is 0 Å². The minimum atomic E-state index is 0.567. The highest BCUT2D eigenvalue weighted by molar-refractivity contribution is 8.23. The summed E-state index contributed by atoms with van der Waals surface area (Å²) in [6.07, 6.45) is 0. The van der Waals surface area contributed by atoms with Gasteiger partial charge in [-0.1, -0.05) is 59.5 Å². The molecule has 0 aromatic heterocycles. The summed E-state index contributed by atoms with van der Waals surface area (Å²) in [5.74, 6) is 0.567. The molecule has 0 fully saturated rings. The summed E-state index contributed by atoms with van der Waals surface area (Å²) in [4.78, 5) is 1.86. The second-order valence-electron chi connectivity index (χ2n) is 3.36. The fourth-order valence-corrected chi connectivity index (χ4v) is 1.98. The minimum Gasteiger partial charge on any atom is -0.411 e. The van der Waals surface area contributed by atoms with Crippen molar-refractivity contribution in [1.29, 1.82) is 0 Å². The predicted octanol–water partition coefficient (Wildman–Crippen LogP) is 2.44. The van der Waals surface area contributed by atoms with Gasteiger partial charge < -0.3 is 10.1 Å². The Bertz CT molecular complexity index is 377. The van der Waals surface area contributed by atoms with Crippen LogP contribution in [0.15, 0.2) is 35.5 Å². The summed E-state index contributed by atoms with van der Waals surface area (Å²) in [5.41, 5.74) is 1.55. The van der Waals surface area contributed by atoms with Gasteiger partial charge in [-0.3, -0.25) is 0 Å². The van der Waals surface area contributed by atoms with Crippen molar-refractivity contribution in [2.75, 3.05) is 19.8 Å². The van der Waals surface area contributed by atoms with E-state index >= 15 is 0 Å². The fourth-order valence-electron chi connectivity index (χ4n) is 1.06. The van der Waals surface area contributed by atoms with Crippen LogP contribution >= 0.6 is 24.0 Å². The highest BCUT2D eigenvalue weighted by Gasteiger charge is 2.07. The van der Waals surface area contributed by atoms with E-state index < -0.39 is 0 Å². The van der Waals surface area contributed by atoms with Gasteiger partial charge in [-0.25, -0.2) is 0 Å². The number of rotatable bonds is 3. The van der Waals surface area contributed by atoms with Crippen LogP contribution in [0, 0.1) is 0 Å². The van der Waals surface area contributed by atoms with Gasteiger partial charge in [0.05, 0.1) is 5.71 Å². The maximum absolute atomic E-state index is 8.95.